The molecule has 0 saturated carbocycles. The number of carboxylic acids is 1. The topological polar surface area (TPSA) is 122 Å². The summed E-state index contributed by atoms with van der Waals surface area (Å²) in [5.74, 6) is -1.39. The van der Waals surface area contributed by atoms with Gasteiger partial charge in [-0.25, -0.2) is 22.9 Å². The van der Waals surface area contributed by atoms with Gasteiger partial charge in [-0.15, -0.1) is 11.3 Å². The molecule has 0 bridgehead atoms. The van der Waals surface area contributed by atoms with E-state index in [2.05, 4.69) is 19.4 Å². The van der Waals surface area contributed by atoms with Crippen LogP contribution in [0.25, 0.3) is 0 Å². The third kappa shape index (κ3) is 2.55. The summed E-state index contributed by atoms with van der Waals surface area (Å²) in [6.45, 7) is -0.0875. The van der Waals surface area contributed by atoms with Gasteiger partial charge in [0.25, 0.3) is 10.0 Å². The van der Waals surface area contributed by atoms with Gasteiger partial charge in [0.1, 0.15) is 6.26 Å². The summed E-state index contributed by atoms with van der Waals surface area (Å²) in [5, 5.41) is 12.3. The Balaban J connectivity index is 2.20. The van der Waals surface area contributed by atoms with Gasteiger partial charge in [0.05, 0.1) is 17.7 Å². The first-order chi connectivity index (χ1) is 8.50. The smallest absolute Gasteiger partial charge is 0.356 e. The van der Waals surface area contributed by atoms with Gasteiger partial charge in [-0.05, 0) is 0 Å². The second-order valence-electron chi connectivity index (χ2n) is 3.11. The quantitative estimate of drug-likeness (QED) is 0.811. The lowest BCUT2D eigenvalue weighted by atomic mass is 10.5. The first-order valence-corrected chi connectivity index (χ1v) is 6.92. The second kappa shape index (κ2) is 4.84. The zero-order valence-corrected chi connectivity index (χ0v) is 10.4. The molecule has 10 heteroatoms. The number of nitrogens with one attached hydrogen (secondary N) is 1. The molecular formula is C8H7N3O5S2. The maximum atomic E-state index is 11.9. The highest BCUT2D eigenvalue weighted by Crippen LogP contribution is 2.19. The lowest BCUT2D eigenvalue weighted by Gasteiger charge is -2.02. The molecule has 8 nitrogen and oxygen atoms in total. The van der Waals surface area contributed by atoms with Gasteiger partial charge in [-0.1, -0.05) is 5.16 Å². The molecule has 0 atom stereocenters. The average Bonchev–Trinajstić information content (AvgIpc) is 2.98. The van der Waals surface area contributed by atoms with Crippen LogP contribution in [0.15, 0.2) is 26.6 Å². The zero-order chi connectivity index (χ0) is 13.2. The van der Waals surface area contributed by atoms with Crippen LogP contribution in [-0.2, 0) is 16.6 Å². The fourth-order valence-electron chi connectivity index (χ4n) is 1.13. The van der Waals surface area contributed by atoms with Crippen LogP contribution in [0, 0.1) is 0 Å². The van der Waals surface area contributed by atoms with Crippen molar-refractivity contribution in [2.24, 2.45) is 0 Å². The normalized spacial score (nSPS) is 11.6. The summed E-state index contributed by atoms with van der Waals surface area (Å²) >= 11 is 0.736. The van der Waals surface area contributed by atoms with E-state index in [1.165, 1.54) is 12.3 Å². The molecule has 2 rings (SSSR count). The molecule has 18 heavy (non-hydrogen) atoms. The molecule has 0 aromatic carbocycles. The van der Waals surface area contributed by atoms with Crippen LogP contribution in [0.2, 0.25) is 0 Å². The third-order valence-electron chi connectivity index (χ3n) is 1.92. The van der Waals surface area contributed by atoms with Crippen molar-refractivity contribution in [3.05, 3.63) is 29.2 Å². The lowest BCUT2D eigenvalue weighted by Crippen LogP contribution is -2.24. The van der Waals surface area contributed by atoms with Crippen LogP contribution < -0.4 is 4.72 Å². The molecule has 0 radical (unpaired) electrons. The van der Waals surface area contributed by atoms with Crippen LogP contribution in [-0.4, -0.2) is 29.6 Å². The van der Waals surface area contributed by atoms with E-state index >= 15 is 0 Å². The van der Waals surface area contributed by atoms with Crippen molar-refractivity contribution in [2.75, 3.05) is 0 Å². The van der Waals surface area contributed by atoms with Gasteiger partial charge in [0.2, 0.25) is 0 Å². The fourth-order valence-corrected chi connectivity index (χ4v) is 3.31. The Morgan fingerprint density at radius 1 is 1.56 bits per heavy atom. The Labute approximate surface area is 105 Å². The zero-order valence-electron chi connectivity index (χ0n) is 8.73. The van der Waals surface area contributed by atoms with E-state index in [0.29, 0.717) is 5.69 Å². The molecule has 0 unspecified atom stereocenters. The standard InChI is InChI=1S/C8H7N3O5S2/c12-7(13)6-8(17-4-9-6)18(14,15)10-3-5-1-2-16-11-5/h1-2,4,10H,3H2,(H,12,13). The maximum Gasteiger partial charge on any atom is 0.356 e. The number of thiazole rings is 1. The summed E-state index contributed by atoms with van der Waals surface area (Å²) < 4.78 is 30.1. The van der Waals surface area contributed by atoms with Crippen molar-refractivity contribution in [2.45, 2.75) is 10.8 Å². The van der Waals surface area contributed by atoms with Crippen molar-refractivity contribution >= 4 is 27.3 Å². The highest BCUT2D eigenvalue weighted by atomic mass is 32.2. The summed E-state index contributed by atoms with van der Waals surface area (Å²) in [6.07, 6.45) is 1.30. The molecule has 0 fully saturated rings. The molecule has 0 saturated heterocycles. The Morgan fingerprint density at radius 3 is 2.94 bits per heavy atom. The summed E-state index contributed by atoms with van der Waals surface area (Å²) in [5.41, 5.74) is 1.06. The molecule has 0 aliphatic carbocycles. The highest BCUT2D eigenvalue weighted by molar-refractivity contribution is 7.91. The van der Waals surface area contributed by atoms with Crippen molar-refractivity contribution in [1.29, 1.82) is 0 Å². The number of carboxylic acid groups (broad SMARTS) is 1. The predicted octanol–water partition coefficient (Wildman–Crippen LogP) is 0.308. The van der Waals surface area contributed by atoms with Gasteiger partial charge >= 0.3 is 5.97 Å². The van der Waals surface area contributed by atoms with Crippen LogP contribution in [0.3, 0.4) is 0 Å². The number of aromatic nitrogens is 2. The molecular weight excluding hydrogens is 282 g/mol. The summed E-state index contributed by atoms with van der Waals surface area (Å²) in [4.78, 5) is 14.3. The number of rotatable bonds is 5. The molecule has 0 spiro atoms. The molecule has 2 N–H and O–H groups in total. The van der Waals surface area contributed by atoms with Crippen LogP contribution >= 0.6 is 11.3 Å². The number of carbonyl (C=O) groups is 1. The van der Waals surface area contributed by atoms with Crippen molar-refractivity contribution in [3.63, 3.8) is 0 Å². The Hall–Kier alpha value is -1.78. The molecule has 96 valence electrons. The van der Waals surface area contributed by atoms with Gasteiger partial charge in [-0.2, -0.15) is 0 Å². The van der Waals surface area contributed by atoms with E-state index in [1.54, 1.807) is 0 Å². The van der Waals surface area contributed by atoms with Crippen LogP contribution in [0.1, 0.15) is 16.2 Å². The first kappa shape index (κ1) is 12.7. The van der Waals surface area contributed by atoms with E-state index in [1.807, 2.05) is 0 Å². The molecule has 2 aromatic heterocycles. The van der Waals surface area contributed by atoms with Gasteiger partial charge in [0.15, 0.2) is 9.90 Å². The third-order valence-corrected chi connectivity index (χ3v) is 4.69. The van der Waals surface area contributed by atoms with Crippen LogP contribution in [0.5, 0.6) is 0 Å². The SMILES string of the molecule is O=C(O)c1ncsc1S(=O)(=O)NCc1ccon1. The minimum absolute atomic E-state index is 0.0875. The molecule has 2 aromatic rings. The van der Waals surface area contributed by atoms with Crippen LogP contribution in [0.4, 0.5) is 0 Å². The minimum atomic E-state index is -3.93. The summed E-state index contributed by atoms with van der Waals surface area (Å²) in [7, 11) is -3.93. The Morgan fingerprint density at radius 2 is 2.33 bits per heavy atom. The van der Waals surface area contributed by atoms with Gasteiger partial charge in [-0.3, -0.25) is 0 Å². The van der Waals surface area contributed by atoms with E-state index in [9.17, 15) is 13.2 Å². The number of nitrogens with zero attached hydrogens (tertiary/aromatic N) is 2. The predicted molar refractivity (Wildman–Crippen MR) is 59.6 cm³/mol. The maximum absolute atomic E-state index is 11.9. The van der Waals surface area contributed by atoms with E-state index in [4.69, 9.17) is 5.11 Å². The summed E-state index contributed by atoms with van der Waals surface area (Å²) in [6, 6.07) is 1.49. The van der Waals surface area contributed by atoms with Gasteiger partial charge < -0.3 is 9.63 Å². The van der Waals surface area contributed by atoms with Crippen molar-refractivity contribution in [1.82, 2.24) is 14.9 Å². The number of aromatic carboxylic acids is 1. The monoisotopic (exact) mass is 289 g/mol. The second-order valence-corrected chi connectivity index (χ2v) is 5.93. The van der Waals surface area contributed by atoms with E-state index < -0.39 is 21.7 Å². The minimum Gasteiger partial charge on any atom is -0.476 e. The molecule has 2 heterocycles. The van der Waals surface area contributed by atoms with E-state index in [-0.39, 0.29) is 10.8 Å². The first-order valence-electron chi connectivity index (χ1n) is 4.56. The van der Waals surface area contributed by atoms with Gasteiger partial charge in [0, 0.05) is 6.07 Å². The lowest BCUT2D eigenvalue weighted by molar-refractivity contribution is 0.0687. The number of sulfonamides is 1. The molecule has 0 aliphatic rings. The largest absolute Gasteiger partial charge is 0.476 e. The van der Waals surface area contributed by atoms with Crippen molar-refractivity contribution < 1.29 is 22.8 Å². The van der Waals surface area contributed by atoms with E-state index in [0.717, 1.165) is 16.8 Å². The Bertz CT molecular complexity index is 646. The number of hydrogen-bond donors (Lipinski definition) is 2. The highest BCUT2D eigenvalue weighted by Gasteiger charge is 2.25. The Kier molecular flexibility index (Phi) is 3.41. The molecule has 0 aliphatic heterocycles. The molecule has 0 amide bonds. The fraction of sp³-hybridized carbons (Fsp3) is 0.125. The average molecular weight is 289 g/mol. The van der Waals surface area contributed by atoms with Crippen molar-refractivity contribution in [3.8, 4) is 0 Å². The number of hydrogen-bond acceptors (Lipinski definition) is 7.